The molecule has 1 aliphatic carbocycles. The van der Waals surface area contributed by atoms with Gasteiger partial charge >= 0.3 is 0 Å². The highest BCUT2D eigenvalue weighted by atomic mass is 32.2. The van der Waals surface area contributed by atoms with E-state index in [1.54, 1.807) is 16.4 Å². The first-order valence-corrected chi connectivity index (χ1v) is 11.3. The van der Waals surface area contributed by atoms with Gasteiger partial charge in [0.2, 0.25) is 10.0 Å². The Kier molecular flexibility index (Phi) is 4.07. The zero-order valence-corrected chi connectivity index (χ0v) is 16.7. The minimum atomic E-state index is -3.45. The lowest BCUT2D eigenvalue weighted by Crippen LogP contribution is -2.29. The van der Waals surface area contributed by atoms with Crippen molar-refractivity contribution in [1.82, 2.24) is 9.29 Å². The SMILES string of the molecule is Cc1cc(S(=O)(=O)N2CC3CCCC3C2)ccc1-c1ccc2c(n1)C(N)=NC2. The van der Waals surface area contributed by atoms with Crippen molar-refractivity contribution in [3.05, 3.63) is 47.2 Å². The second-order valence-corrected chi connectivity index (χ2v) is 10.1. The predicted octanol–water partition coefficient (Wildman–Crippen LogP) is 2.70. The Hall–Kier alpha value is -2.25. The van der Waals surface area contributed by atoms with E-state index in [9.17, 15) is 8.42 Å². The largest absolute Gasteiger partial charge is 0.382 e. The van der Waals surface area contributed by atoms with Crippen LogP contribution in [0.1, 0.15) is 36.1 Å². The fourth-order valence-electron chi connectivity index (χ4n) is 4.85. The summed E-state index contributed by atoms with van der Waals surface area (Å²) in [4.78, 5) is 9.25. The molecule has 0 radical (unpaired) electrons. The van der Waals surface area contributed by atoms with E-state index in [1.807, 2.05) is 25.1 Å². The topological polar surface area (TPSA) is 88.7 Å². The van der Waals surface area contributed by atoms with Gasteiger partial charge in [-0.05, 0) is 55.4 Å². The van der Waals surface area contributed by atoms with E-state index in [1.165, 1.54) is 6.42 Å². The maximum absolute atomic E-state index is 13.1. The number of aliphatic imine (C=N–C) groups is 1. The number of sulfonamides is 1. The third kappa shape index (κ3) is 2.76. The number of benzene rings is 1. The van der Waals surface area contributed by atoms with Crippen LogP contribution < -0.4 is 5.73 Å². The van der Waals surface area contributed by atoms with Crippen LogP contribution in [0.15, 0.2) is 40.2 Å². The molecule has 0 bridgehead atoms. The lowest BCUT2D eigenvalue weighted by Gasteiger charge is -2.18. The lowest BCUT2D eigenvalue weighted by molar-refractivity contribution is 0.445. The lowest BCUT2D eigenvalue weighted by atomic mass is 10.0. The van der Waals surface area contributed by atoms with E-state index in [4.69, 9.17) is 5.73 Å². The Bertz CT molecular complexity index is 1080. The van der Waals surface area contributed by atoms with E-state index in [0.717, 1.165) is 40.9 Å². The van der Waals surface area contributed by atoms with Gasteiger partial charge in [-0.15, -0.1) is 0 Å². The maximum Gasteiger partial charge on any atom is 0.243 e. The number of hydrogen-bond donors (Lipinski definition) is 1. The van der Waals surface area contributed by atoms with Gasteiger partial charge in [0.1, 0.15) is 11.5 Å². The van der Waals surface area contributed by atoms with Crippen LogP contribution in [0.2, 0.25) is 0 Å². The first-order chi connectivity index (χ1) is 13.4. The number of nitrogens with zero attached hydrogens (tertiary/aromatic N) is 3. The van der Waals surface area contributed by atoms with Crippen LogP contribution >= 0.6 is 0 Å². The average molecular weight is 397 g/mol. The average Bonchev–Trinajstić information content (AvgIpc) is 3.37. The smallest absolute Gasteiger partial charge is 0.243 e. The number of nitrogens with two attached hydrogens (primary N) is 1. The van der Waals surface area contributed by atoms with Crippen molar-refractivity contribution in [2.45, 2.75) is 37.6 Å². The number of aryl methyl sites for hydroxylation is 1. The van der Waals surface area contributed by atoms with Crippen LogP contribution in [0.5, 0.6) is 0 Å². The van der Waals surface area contributed by atoms with Crippen molar-refractivity contribution in [3.8, 4) is 11.3 Å². The third-order valence-corrected chi connectivity index (χ3v) is 8.27. The summed E-state index contributed by atoms with van der Waals surface area (Å²) in [7, 11) is -3.45. The van der Waals surface area contributed by atoms with Crippen LogP contribution in [-0.2, 0) is 16.6 Å². The van der Waals surface area contributed by atoms with E-state index >= 15 is 0 Å². The van der Waals surface area contributed by atoms with E-state index in [2.05, 4.69) is 9.98 Å². The van der Waals surface area contributed by atoms with E-state index < -0.39 is 10.0 Å². The molecule has 2 unspecified atom stereocenters. The summed E-state index contributed by atoms with van der Waals surface area (Å²) < 4.78 is 28.0. The quantitative estimate of drug-likeness (QED) is 0.864. The first-order valence-electron chi connectivity index (χ1n) is 9.85. The molecular weight excluding hydrogens is 372 g/mol. The van der Waals surface area contributed by atoms with Gasteiger partial charge in [0.25, 0.3) is 0 Å². The Labute approximate surface area is 165 Å². The fourth-order valence-corrected chi connectivity index (χ4v) is 6.49. The second-order valence-electron chi connectivity index (χ2n) is 8.16. The summed E-state index contributed by atoms with van der Waals surface area (Å²) in [5.74, 6) is 1.55. The number of fused-ring (bicyclic) bond motifs is 2. The molecule has 0 spiro atoms. The molecule has 3 heterocycles. The minimum absolute atomic E-state index is 0.371. The molecule has 28 heavy (non-hydrogen) atoms. The number of pyridine rings is 1. The number of aromatic nitrogens is 1. The van der Waals surface area contributed by atoms with Crippen molar-refractivity contribution in [3.63, 3.8) is 0 Å². The summed E-state index contributed by atoms with van der Waals surface area (Å²) >= 11 is 0. The normalized spacial score (nSPS) is 24.2. The summed E-state index contributed by atoms with van der Waals surface area (Å²) in [6.07, 6.45) is 3.55. The first kappa shape index (κ1) is 17.8. The Balaban J connectivity index is 1.46. The van der Waals surface area contributed by atoms with Gasteiger partial charge in [0.15, 0.2) is 0 Å². The molecule has 2 aromatic rings. The van der Waals surface area contributed by atoms with Crippen molar-refractivity contribution in [2.75, 3.05) is 13.1 Å². The van der Waals surface area contributed by atoms with Crippen LogP contribution in [-0.4, -0.2) is 36.6 Å². The molecule has 146 valence electrons. The molecule has 5 rings (SSSR count). The maximum atomic E-state index is 13.1. The molecule has 1 aromatic carbocycles. The van der Waals surface area contributed by atoms with Crippen LogP contribution in [0.4, 0.5) is 0 Å². The fraction of sp³-hybridized carbons (Fsp3) is 0.429. The standard InChI is InChI=1S/C21H24N4O2S/c1-13-9-17(28(26,27)25-11-15-3-2-4-16(15)12-25)6-7-18(13)19-8-5-14-10-23-21(22)20(14)24-19/h5-9,15-16H,2-4,10-12H2,1H3,(H2,22,23). The number of hydrogen-bond acceptors (Lipinski definition) is 5. The molecule has 2 N–H and O–H groups in total. The summed E-state index contributed by atoms with van der Waals surface area (Å²) in [5.41, 5.74) is 10.3. The molecule has 1 saturated carbocycles. The number of rotatable bonds is 3. The molecule has 1 saturated heterocycles. The molecular formula is C21H24N4O2S. The van der Waals surface area contributed by atoms with Gasteiger partial charge in [-0.2, -0.15) is 4.31 Å². The van der Waals surface area contributed by atoms with Gasteiger partial charge in [-0.1, -0.05) is 18.6 Å². The van der Waals surface area contributed by atoms with E-state index in [-0.39, 0.29) is 0 Å². The Morgan fingerprint density at radius 1 is 1.11 bits per heavy atom. The molecule has 6 nitrogen and oxygen atoms in total. The van der Waals surface area contributed by atoms with Gasteiger partial charge in [-0.25, -0.2) is 13.4 Å². The Morgan fingerprint density at radius 3 is 2.57 bits per heavy atom. The van der Waals surface area contributed by atoms with Gasteiger partial charge in [0.05, 0.1) is 17.1 Å². The van der Waals surface area contributed by atoms with Crippen LogP contribution in [0.25, 0.3) is 11.3 Å². The zero-order chi connectivity index (χ0) is 19.5. The summed E-state index contributed by atoms with van der Waals surface area (Å²) in [6, 6.07) is 9.28. The monoisotopic (exact) mass is 396 g/mol. The summed E-state index contributed by atoms with van der Waals surface area (Å²) in [6.45, 7) is 3.83. The Morgan fingerprint density at radius 2 is 1.86 bits per heavy atom. The molecule has 0 amide bonds. The van der Waals surface area contributed by atoms with Crippen molar-refractivity contribution in [1.29, 1.82) is 0 Å². The minimum Gasteiger partial charge on any atom is -0.382 e. The molecule has 2 aliphatic heterocycles. The highest BCUT2D eigenvalue weighted by Gasteiger charge is 2.41. The second kappa shape index (κ2) is 6.39. The van der Waals surface area contributed by atoms with Gasteiger partial charge in [-0.3, -0.25) is 4.99 Å². The summed E-state index contributed by atoms with van der Waals surface area (Å²) in [5, 5.41) is 0. The highest BCUT2D eigenvalue weighted by Crippen LogP contribution is 2.40. The van der Waals surface area contributed by atoms with Crippen molar-refractivity contribution >= 4 is 15.9 Å². The van der Waals surface area contributed by atoms with Crippen LogP contribution in [0, 0.1) is 18.8 Å². The zero-order valence-electron chi connectivity index (χ0n) is 15.9. The highest BCUT2D eigenvalue weighted by molar-refractivity contribution is 7.89. The van der Waals surface area contributed by atoms with Crippen LogP contribution in [0.3, 0.4) is 0 Å². The third-order valence-electron chi connectivity index (χ3n) is 6.45. The van der Waals surface area contributed by atoms with E-state index in [0.29, 0.717) is 42.2 Å². The molecule has 3 aliphatic rings. The van der Waals surface area contributed by atoms with Gasteiger partial charge in [0, 0.05) is 24.2 Å². The van der Waals surface area contributed by atoms with Crippen molar-refractivity contribution in [2.24, 2.45) is 22.6 Å². The molecule has 7 heteroatoms. The van der Waals surface area contributed by atoms with Crippen molar-refractivity contribution < 1.29 is 8.42 Å². The number of amidine groups is 1. The molecule has 2 atom stereocenters. The predicted molar refractivity (Wildman–Crippen MR) is 108 cm³/mol. The van der Waals surface area contributed by atoms with Gasteiger partial charge < -0.3 is 5.73 Å². The molecule has 1 aromatic heterocycles. The molecule has 2 fully saturated rings.